The molecule has 2 aromatic carbocycles. The molecule has 8 rings (SSSR count). The molecule has 0 spiro atoms. The molecule has 3 atom stereocenters. The van der Waals surface area contributed by atoms with Crippen molar-refractivity contribution in [1.82, 2.24) is 59.4 Å². The fourth-order valence-electron chi connectivity index (χ4n) is 5.34. The van der Waals surface area contributed by atoms with Gasteiger partial charge in [-0.3, -0.25) is 39.3 Å². The van der Waals surface area contributed by atoms with Crippen molar-refractivity contribution in [2.75, 3.05) is 6.61 Å². The Morgan fingerprint density at radius 1 is 0.655 bits per heavy atom. The predicted octanol–water partition coefficient (Wildman–Crippen LogP) is -2.56. The molecule has 9 N–H and O–H groups in total. The summed E-state index contributed by atoms with van der Waals surface area (Å²) in [5.74, 6) is -0.0516. The van der Waals surface area contributed by atoms with E-state index >= 15 is 0 Å². The summed E-state index contributed by atoms with van der Waals surface area (Å²) in [5, 5.41) is 38.8. The Bertz CT molecular complexity index is 3040. The highest BCUT2D eigenvalue weighted by Crippen LogP contribution is 2.24. The number of benzene rings is 2. The van der Waals surface area contributed by atoms with Gasteiger partial charge in [0.25, 0.3) is 16.7 Å². The number of hydrogen-bond donors (Lipinski definition) is 9. The number of nitrogens with one attached hydrogen (secondary N) is 5. The zero-order valence-corrected chi connectivity index (χ0v) is 28.6. The van der Waals surface area contributed by atoms with E-state index in [0.717, 1.165) is 11.1 Å². The smallest absolute Gasteiger partial charge is 0.349 e. The van der Waals surface area contributed by atoms with Crippen LogP contribution in [0.2, 0.25) is 0 Å². The molecule has 0 saturated carbocycles. The maximum absolute atomic E-state index is 12.2. The maximum Gasteiger partial charge on any atom is 0.349 e. The molecule has 2 aliphatic heterocycles. The van der Waals surface area contributed by atoms with Gasteiger partial charge in [-0.05, 0) is 49.2 Å². The molecule has 6 heterocycles. The standard InChI is InChI=1S/C17H20N4O6.C10H6N4O2.C6H4N4O2/c1-7-3-9-10(4-8(7)2)21(5-11(23)14(25)12(24)6-22)15-13(18-9)16(26)20-17(27)19-15;15-9-7-8(13-10(16)14-9)12-6-4-2-1-3-5(6)11-7;11-5-3-4(8-2-1-7-3)9-6(12)10-5/h3-4,11-12,14,22-25H,5-6H2,1-2H3,(H,20,26,27);1-4H,(H2,12,13,14,15,16);1-2H,(H2,8,9,10,11,12)/t11-,12+,14-;;/m0../s1. The second-order valence-corrected chi connectivity index (χ2v) is 12.0. The van der Waals surface area contributed by atoms with Gasteiger partial charge in [0.1, 0.15) is 18.3 Å². The minimum atomic E-state index is -1.64. The zero-order valence-electron chi connectivity index (χ0n) is 28.6. The lowest BCUT2D eigenvalue weighted by atomic mass is 10.1. The van der Waals surface area contributed by atoms with Crippen LogP contribution in [0.15, 0.2) is 77.6 Å². The second kappa shape index (κ2) is 15.5. The number of para-hydroxylation sites is 2. The average molecular weight is 755 g/mol. The van der Waals surface area contributed by atoms with Crippen molar-refractivity contribution in [3.8, 4) is 11.5 Å². The number of aliphatic hydroxyl groups is 4. The van der Waals surface area contributed by atoms with Crippen LogP contribution in [0.4, 0.5) is 0 Å². The van der Waals surface area contributed by atoms with E-state index in [9.17, 15) is 44.1 Å². The fourth-order valence-corrected chi connectivity index (χ4v) is 5.34. The van der Waals surface area contributed by atoms with Gasteiger partial charge >= 0.3 is 17.1 Å². The SMILES string of the molecule is Cc1cc2nc3c(=O)[nH]c(=O)nc-3n(C[C@H](O)[C@H](O)[C@H](O)CO)c2cc1C.O=c1[nH]c(=O)c2nc3ccccc3nc2[nH]1.O=c1[nH]c(=O)c2nccnc2[nH]1. The number of aromatic nitrogens is 12. The van der Waals surface area contributed by atoms with Crippen molar-refractivity contribution in [2.24, 2.45) is 0 Å². The molecule has 0 saturated heterocycles. The molecule has 0 radical (unpaired) electrons. The van der Waals surface area contributed by atoms with Gasteiger partial charge in [0.2, 0.25) is 0 Å². The van der Waals surface area contributed by atoms with Gasteiger partial charge in [0.05, 0.1) is 35.2 Å². The third-order valence-corrected chi connectivity index (χ3v) is 8.19. The molecule has 6 aromatic rings. The Balaban J connectivity index is 0.000000154. The highest BCUT2D eigenvalue weighted by Gasteiger charge is 2.27. The van der Waals surface area contributed by atoms with Crippen molar-refractivity contribution in [3.63, 3.8) is 0 Å². The summed E-state index contributed by atoms with van der Waals surface area (Å²) in [6, 6.07) is 10.7. The fraction of sp³-hybridized carbons (Fsp3) is 0.212. The minimum Gasteiger partial charge on any atom is -0.394 e. The topological polar surface area (TPSA) is 345 Å². The van der Waals surface area contributed by atoms with E-state index in [1.165, 1.54) is 17.0 Å². The normalized spacial score (nSPS) is 12.9. The number of aryl methyl sites for hydroxylation is 2. The lowest BCUT2D eigenvalue weighted by molar-refractivity contribution is -0.0802. The number of hydrogen-bond acceptors (Lipinski definition) is 16. The van der Waals surface area contributed by atoms with E-state index in [4.69, 9.17) is 5.11 Å². The lowest BCUT2D eigenvalue weighted by Crippen LogP contribution is -2.42. The molecule has 0 fully saturated rings. The Morgan fingerprint density at radius 3 is 1.96 bits per heavy atom. The number of rotatable bonds is 5. The van der Waals surface area contributed by atoms with E-state index < -0.39 is 58.7 Å². The Morgan fingerprint density at radius 2 is 1.27 bits per heavy atom. The van der Waals surface area contributed by atoms with E-state index in [1.807, 2.05) is 31.0 Å². The van der Waals surface area contributed by atoms with Crippen LogP contribution in [0.25, 0.3) is 55.9 Å². The first-order valence-corrected chi connectivity index (χ1v) is 16.1. The summed E-state index contributed by atoms with van der Waals surface area (Å²) in [6.07, 6.45) is -1.90. The van der Waals surface area contributed by atoms with Crippen LogP contribution in [-0.2, 0) is 6.54 Å². The third-order valence-electron chi connectivity index (χ3n) is 8.19. The van der Waals surface area contributed by atoms with Gasteiger partial charge in [-0.15, -0.1) is 0 Å². The lowest BCUT2D eigenvalue weighted by Gasteiger charge is -2.25. The summed E-state index contributed by atoms with van der Waals surface area (Å²) < 4.78 is 1.40. The summed E-state index contributed by atoms with van der Waals surface area (Å²) in [5.41, 5.74) is 0.827. The van der Waals surface area contributed by atoms with E-state index in [1.54, 1.807) is 24.3 Å². The van der Waals surface area contributed by atoms with Crippen molar-refractivity contribution >= 4 is 44.4 Å². The first-order valence-electron chi connectivity index (χ1n) is 16.1. The molecule has 282 valence electrons. The van der Waals surface area contributed by atoms with Crippen LogP contribution in [0, 0.1) is 13.8 Å². The highest BCUT2D eigenvalue weighted by molar-refractivity contribution is 5.83. The van der Waals surface area contributed by atoms with Crippen LogP contribution in [0.1, 0.15) is 11.1 Å². The molecule has 0 aliphatic carbocycles. The molecule has 0 unspecified atom stereocenters. The molecular weight excluding hydrogens is 724 g/mol. The Kier molecular flexibility index (Phi) is 10.6. The van der Waals surface area contributed by atoms with Gasteiger partial charge in [-0.1, -0.05) is 12.1 Å². The number of nitrogens with zero attached hydrogens (tertiary/aromatic N) is 7. The summed E-state index contributed by atoms with van der Waals surface area (Å²) in [4.78, 5) is 103. The van der Waals surface area contributed by atoms with Gasteiger partial charge in [-0.2, -0.15) is 4.98 Å². The highest BCUT2D eigenvalue weighted by atomic mass is 16.4. The van der Waals surface area contributed by atoms with Crippen molar-refractivity contribution in [3.05, 3.63) is 122 Å². The van der Waals surface area contributed by atoms with E-state index in [-0.39, 0.29) is 40.4 Å². The zero-order chi connectivity index (χ0) is 39.6. The third kappa shape index (κ3) is 7.96. The molecule has 0 amide bonds. The molecule has 2 aliphatic rings. The number of H-pyrrole nitrogens is 5. The van der Waals surface area contributed by atoms with Gasteiger partial charge in [-0.25, -0.2) is 39.3 Å². The summed E-state index contributed by atoms with van der Waals surface area (Å²) >= 11 is 0. The molecular formula is C33H30N12O10. The number of aromatic amines is 5. The molecule has 55 heavy (non-hydrogen) atoms. The van der Waals surface area contributed by atoms with Crippen LogP contribution >= 0.6 is 0 Å². The largest absolute Gasteiger partial charge is 0.394 e. The molecule has 22 heteroatoms. The molecule has 0 bridgehead atoms. The summed E-state index contributed by atoms with van der Waals surface area (Å²) in [7, 11) is 0. The van der Waals surface area contributed by atoms with Gasteiger partial charge in [0, 0.05) is 12.4 Å². The monoisotopic (exact) mass is 754 g/mol. The van der Waals surface area contributed by atoms with Crippen LogP contribution in [0.5, 0.6) is 0 Å². The van der Waals surface area contributed by atoms with E-state index in [2.05, 4.69) is 49.8 Å². The predicted molar refractivity (Wildman–Crippen MR) is 195 cm³/mol. The van der Waals surface area contributed by atoms with Crippen LogP contribution < -0.4 is 33.7 Å². The number of fused-ring (bicyclic) bond motifs is 5. The first kappa shape index (κ1) is 37.6. The van der Waals surface area contributed by atoms with Gasteiger partial charge < -0.3 is 25.0 Å². The van der Waals surface area contributed by atoms with Crippen molar-refractivity contribution in [1.29, 1.82) is 0 Å². The number of aliphatic hydroxyl groups excluding tert-OH is 4. The summed E-state index contributed by atoms with van der Waals surface area (Å²) in [6.45, 7) is 2.73. The van der Waals surface area contributed by atoms with Crippen LogP contribution in [0.3, 0.4) is 0 Å². The Hall–Kier alpha value is -7.14. The van der Waals surface area contributed by atoms with Crippen molar-refractivity contribution < 1.29 is 20.4 Å². The van der Waals surface area contributed by atoms with E-state index in [0.29, 0.717) is 22.1 Å². The second-order valence-electron chi connectivity index (χ2n) is 12.0. The maximum atomic E-state index is 12.2. The van der Waals surface area contributed by atoms with Gasteiger partial charge in [0.15, 0.2) is 33.8 Å². The quantitative estimate of drug-likeness (QED) is 0.0816. The average Bonchev–Trinajstić information content (AvgIpc) is 3.15. The Labute approximate surface area is 303 Å². The molecule has 4 aromatic heterocycles. The van der Waals surface area contributed by atoms with Crippen LogP contribution in [-0.4, -0.2) is 105 Å². The van der Waals surface area contributed by atoms with Crippen molar-refractivity contribution in [2.45, 2.75) is 38.7 Å². The minimum absolute atomic E-state index is 0.0516. The molecule has 22 nitrogen and oxygen atoms in total. The first-order chi connectivity index (χ1) is 26.2.